The largest absolute Gasteiger partial charge is 0.548 e. The SMILES string of the molecule is N#Cc1ccc(NC(C(=O)[O-])c2ccc3c(c2)OCCO3)cc1. The van der Waals surface area contributed by atoms with E-state index in [4.69, 9.17) is 14.7 Å². The lowest BCUT2D eigenvalue weighted by Crippen LogP contribution is -2.34. The van der Waals surface area contributed by atoms with E-state index in [-0.39, 0.29) is 0 Å². The molecule has 1 heterocycles. The number of carbonyl (C=O) groups is 1. The number of nitrogens with one attached hydrogen (secondary N) is 1. The minimum Gasteiger partial charge on any atom is -0.548 e. The molecule has 6 heteroatoms. The van der Waals surface area contributed by atoms with Gasteiger partial charge in [-0.2, -0.15) is 5.26 Å². The average molecular weight is 309 g/mol. The van der Waals surface area contributed by atoms with Gasteiger partial charge in [-0.25, -0.2) is 0 Å². The highest BCUT2D eigenvalue weighted by Crippen LogP contribution is 2.33. The van der Waals surface area contributed by atoms with Gasteiger partial charge in [0.1, 0.15) is 13.2 Å². The lowest BCUT2D eigenvalue weighted by atomic mass is 10.1. The maximum Gasteiger partial charge on any atom is 0.161 e. The molecule has 1 N–H and O–H groups in total. The van der Waals surface area contributed by atoms with Crippen LogP contribution in [-0.4, -0.2) is 19.2 Å². The number of hydrogen-bond acceptors (Lipinski definition) is 6. The number of hydrogen-bond donors (Lipinski definition) is 1. The summed E-state index contributed by atoms with van der Waals surface area (Å²) in [7, 11) is 0. The standard InChI is InChI=1S/C17H14N2O4/c18-10-11-1-4-13(5-2-11)19-16(17(20)21)12-3-6-14-15(9-12)23-8-7-22-14/h1-6,9,16,19H,7-8H2,(H,20,21)/p-1. The predicted molar refractivity (Wildman–Crippen MR) is 80.0 cm³/mol. The molecule has 0 fully saturated rings. The van der Waals surface area contributed by atoms with Crippen LogP contribution in [0, 0.1) is 11.3 Å². The summed E-state index contributed by atoms with van der Waals surface area (Å²) < 4.78 is 10.9. The van der Waals surface area contributed by atoms with Gasteiger partial charge in [-0.15, -0.1) is 0 Å². The van der Waals surface area contributed by atoms with Crippen molar-refractivity contribution >= 4 is 11.7 Å². The van der Waals surface area contributed by atoms with Gasteiger partial charge in [-0.05, 0) is 42.0 Å². The molecule has 2 aromatic rings. The highest BCUT2D eigenvalue weighted by Gasteiger charge is 2.18. The van der Waals surface area contributed by atoms with E-state index in [0.717, 1.165) is 0 Å². The van der Waals surface area contributed by atoms with E-state index in [2.05, 4.69) is 5.32 Å². The zero-order valence-electron chi connectivity index (χ0n) is 12.1. The first-order valence-corrected chi connectivity index (χ1v) is 7.04. The van der Waals surface area contributed by atoms with Crippen molar-refractivity contribution in [2.45, 2.75) is 6.04 Å². The van der Waals surface area contributed by atoms with Gasteiger partial charge in [-0.1, -0.05) is 6.07 Å². The number of rotatable bonds is 4. The molecule has 1 atom stereocenters. The van der Waals surface area contributed by atoms with Crippen molar-refractivity contribution in [1.29, 1.82) is 5.26 Å². The van der Waals surface area contributed by atoms with Gasteiger partial charge in [0.05, 0.1) is 23.6 Å². The highest BCUT2D eigenvalue weighted by molar-refractivity contribution is 5.78. The number of nitriles is 1. The van der Waals surface area contributed by atoms with E-state index in [1.165, 1.54) is 0 Å². The molecular weight excluding hydrogens is 296 g/mol. The molecule has 0 radical (unpaired) electrons. The Kier molecular flexibility index (Phi) is 4.02. The third-order valence-electron chi connectivity index (χ3n) is 3.46. The van der Waals surface area contributed by atoms with Gasteiger partial charge in [-0.3, -0.25) is 0 Å². The van der Waals surface area contributed by atoms with Gasteiger partial charge in [0.15, 0.2) is 11.5 Å². The topological polar surface area (TPSA) is 94.4 Å². The first-order chi connectivity index (χ1) is 11.2. The van der Waals surface area contributed by atoms with Crippen LogP contribution >= 0.6 is 0 Å². The number of carboxylic acids is 1. The third-order valence-corrected chi connectivity index (χ3v) is 3.46. The van der Waals surface area contributed by atoms with Crippen LogP contribution in [-0.2, 0) is 4.79 Å². The summed E-state index contributed by atoms with van der Waals surface area (Å²) in [5.41, 5.74) is 1.58. The molecule has 0 saturated heterocycles. The Morgan fingerprint density at radius 2 is 1.83 bits per heavy atom. The summed E-state index contributed by atoms with van der Waals surface area (Å²) in [6.45, 7) is 0.898. The fraction of sp³-hybridized carbons (Fsp3) is 0.176. The van der Waals surface area contributed by atoms with E-state index in [0.29, 0.717) is 41.5 Å². The molecule has 1 aliphatic heterocycles. The summed E-state index contributed by atoms with van der Waals surface area (Å²) in [6, 6.07) is 12.4. The van der Waals surface area contributed by atoms with Crippen molar-refractivity contribution in [2.24, 2.45) is 0 Å². The van der Waals surface area contributed by atoms with E-state index in [1.807, 2.05) is 6.07 Å². The zero-order valence-corrected chi connectivity index (χ0v) is 12.1. The first-order valence-electron chi connectivity index (χ1n) is 7.04. The number of carboxylic acid groups (broad SMARTS) is 1. The lowest BCUT2D eigenvalue weighted by molar-refractivity contribution is -0.307. The molecule has 2 aromatic carbocycles. The van der Waals surface area contributed by atoms with Crippen LogP contribution in [0.2, 0.25) is 0 Å². The van der Waals surface area contributed by atoms with Gasteiger partial charge in [0.2, 0.25) is 0 Å². The van der Waals surface area contributed by atoms with Crippen molar-refractivity contribution in [1.82, 2.24) is 0 Å². The van der Waals surface area contributed by atoms with Crippen LogP contribution in [0.15, 0.2) is 42.5 Å². The molecule has 6 nitrogen and oxygen atoms in total. The smallest absolute Gasteiger partial charge is 0.161 e. The molecule has 0 bridgehead atoms. The van der Waals surface area contributed by atoms with Crippen molar-refractivity contribution in [3.63, 3.8) is 0 Å². The summed E-state index contributed by atoms with van der Waals surface area (Å²) in [4.78, 5) is 11.5. The Labute approximate surface area is 132 Å². The quantitative estimate of drug-likeness (QED) is 0.913. The van der Waals surface area contributed by atoms with Crippen LogP contribution in [0.5, 0.6) is 11.5 Å². The number of nitrogens with zero attached hydrogens (tertiary/aromatic N) is 1. The summed E-state index contributed by atoms with van der Waals surface area (Å²) in [5, 5.41) is 23.2. The molecule has 116 valence electrons. The Bertz CT molecular complexity index is 765. The van der Waals surface area contributed by atoms with Gasteiger partial charge in [0.25, 0.3) is 0 Å². The fourth-order valence-electron chi connectivity index (χ4n) is 2.33. The second kappa shape index (κ2) is 6.28. The minimum atomic E-state index is -1.26. The summed E-state index contributed by atoms with van der Waals surface area (Å²) >= 11 is 0. The molecule has 1 aliphatic rings. The summed E-state index contributed by atoms with van der Waals surface area (Å²) in [6.07, 6.45) is 0. The number of fused-ring (bicyclic) bond motifs is 1. The van der Waals surface area contributed by atoms with Crippen molar-refractivity contribution in [2.75, 3.05) is 18.5 Å². The van der Waals surface area contributed by atoms with Crippen molar-refractivity contribution in [3.05, 3.63) is 53.6 Å². The van der Waals surface area contributed by atoms with E-state index in [1.54, 1.807) is 42.5 Å². The second-order valence-electron chi connectivity index (χ2n) is 4.99. The predicted octanol–water partition coefficient (Wildman–Crippen LogP) is 1.23. The lowest BCUT2D eigenvalue weighted by Gasteiger charge is -2.24. The maximum atomic E-state index is 11.5. The van der Waals surface area contributed by atoms with Gasteiger partial charge >= 0.3 is 0 Å². The molecule has 1 unspecified atom stereocenters. The van der Waals surface area contributed by atoms with Crippen molar-refractivity contribution in [3.8, 4) is 17.6 Å². The number of benzene rings is 2. The normalized spacial score (nSPS) is 13.7. The summed E-state index contributed by atoms with van der Waals surface area (Å²) in [5.74, 6) is -0.150. The van der Waals surface area contributed by atoms with Gasteiger partial charge < -0.3 is 24.7 Å². The Balaban J connectivity index is 1.86. The van der Waals surface area contributed by atoms with Crippen LogP contribution in [0.4, 0.5) is 5.69 Å². The zero-order chi connectivity index (χ0) is 16.2. The molecule has 0 spiro atoms. The van der Waals surface area contributed by atoms with E-state index in [9.17, 15) is 9.90 Å². The van der Waals surface area contributed by atoms with Crippen LogP contribution in [0.1, 0.15) is 17.2 Å². The van der Waals surface area contributed by atoms with Crippen LogP contribution in [0.25, 0.3) is 0 Å². The monoisotopic (exact) mass is 309 g/mol. The second-order valence-corrected chi connectivity index (χ2v) is 4.99. The molecule has 0 aromatic heterocycles. The van der Waals surface area contributed by atoms with Crippen molar-refractivity contribution < 1.29 is 19.4 Å². The van der Waals surface area contributed by atoms with E-state index < -0.39 is 12.0 Å². The molecule has 0 aliphatic carbocycles. The third kappa shape index (κ3) is 3.19. The Morgan fingerprint density at radius 1 is 1.13 bits per heavy atom. The average Bonchev–Trinajstić information content (AvgIpc) is 2.59. The molecule has 0 amide bonds. The molecule has 3 rings (SSSR count). The minimum absolute atomic E-state index is 0.426. The van der Waals surface area contributed by atoms with Gasteiger partial charge in [0, 0.05) is 5.69 Å². The number of aliphatic carboxylic acids is 1. The highest BCUT2D eigenvalue weighted by atomic mass is 16.6. The molecule has 0 saturated carbocycles. The molecular formula is C17H13N2O4-. The maximum absolute atomic E-state index is 11.5. The molecule has 23 heavy (non-hydrogen) atoms. The Hall–Kier alpha value is -3.20. The fourth-order valence-corrected chi connectivity index (χ4v) is 2.33. The number of ether oxygens (including phenoxy) is 2. The first kappa shape index (κ1) is 14.7. The van der Waals surface area contributed by atoms with Crippen LogP contribution < -0.4 is 19.9 Å². The van der Waals surface area contributed by atoms with Crippen LogP contribution in [0.3, 0.4) is 0 Å². The number of anilines is 1. The van der Waals surface area contributed by atoms with E-state index >= 15 is 0 Å². The Morgan fingerprint density at radius 3 is 2.48 bits per heavy atom. The number of carbonyl (C=O) groups excluding carboxylic acids is 1.